The van der Waals surface area contributed by atoms with Crippen LogP contribution in [-0.2, 0) is 4.74 Å². The lowest BCUT2D eigenvalue weighted by Gasteiger charge is -2.24. The standard InChI is InChI=1S/C16H19BrN4O3/c1-16(2,3)23-15(22)21-7-5-11(9-21)13-19-14(24-20-13)10-4-6-18-12(17)8-10/h4,6,8,11H,5,7,9H2,1-3H3/t11-/m1/s1. The number of hydrogen-bond donors (Lipinski definition) is 0. The lowest BCUT2D eigenvalue weighted by Crippen LogP contribution is -2.35. The van der Waals surface area contributed by atoms with Gasteiger partial charge in [-0.1, -0.05) is 5.16 Å². The number of likely N-dealkylation sites (tertiary alicyclic amines) is 1. The minimum absolute atomic E-state index is 0.0558. The van der Waals surface area contributed by atoms with Crippen molar-refractivity contribution in [2.24, 2.45) is 0 Å². The molecule has 1 aliphatic heterocycles. The Kier molecular flexibility index (Phi) is 4.58. The van der Waals surface area contributed by atoms with Gasteiger partial charge in [0, 0.05) is 30.8 Å². The second-order valence-corrected chi connectivity index (χ2v) is 7.55. The Balaban J connectivity index is 1.68. The van der Waals surface area contributed by atoms with Crippen molar-refractivity contribution in [2.45, 2.75) is 38.7 Å². The van der Waals surface area contributed by atoms with Crippen molar-refractivity contribution in [2.75, 3.05) is 13.1 Å². The maximum absolute atomic E-state index is 12.1. The first-order valence-electron chi connectivity index (χ1n) is 7.75. The van der Waals surface area contributed by atoms with Crippen LogP contribution in [0, 0.1) is 0 Å². The van der Waals surface area contributed by atoms with E-state index in [1.165, 1.54) is 0 Å². The van der Waals surface area contributed by atoms with Gasteiger partial charge in [0.2, 0.25) is 0 Å². The predicted molar refractivity (Wildman–Crippen MR) is 90.4 cm³/mol. The Labute approximate surface area is 148 Å². The van der Waals surface area contributed by atoms with Crippen LogP contribution >= 0.6 is 15.9 Å². The van der Waals surface area contributed by atoms with E-state index in [4.69, 9.17) is 9.26 Å². The molecule has 1 aliphatic rings. The predicted octanol–water partition coefficient (Wildman–Crippen LogP) is 3.62. The van der Waals surface area contributed by atoms with Crippen LogP contribution in [0.1, 0.15) is 38.9 Å². The first-order chi connectivity index (χ1) is 11.3. The number of pyridine rings is 1. The summed E-state index contributed by atoms with van der Waals surface area (Å²) in [4.78, 5) is 22.4. The average molecular weight is 395 g/mol. The summed E-state index contributed by atoms with van der Waals surface area (Å²) in [5, 5.41) is 4.07. The molecule has 2 aromatic rings. The van der Waals surface area contributed by atoms with E-state index in [1.807, 2.05) is 32.9 Å². The van der Waals surface area contributed by atoms with Crippen LogP contribution in [0.5, 0.6) is 0 Å². The molecule has 3 rings (SSSR count). The van der Waals surface area contributed by atoms with Gasteiger partial charge in [-0.2, -0.15) is 4.98 Å². The third-order valence-electron chi connectivity index (χ3n) is 3.62. The van der Waals surface area contributed by atoms with Crippen LogP contribution in [0.4, 0.5) is 4.79 Å². The van der Waals surface area contributed by atoms with Gasteiger partial charge in [0.05, 0.1) is 0 Å². The fourth-order valence-electron chi connectivity index (χ4n) is 2.52. The van der Waals surface area contributed by atoms with E-state index in [9.17, 15) is 4.79 Å². The van der Waals surface area contributed by atoms with Crippen molar-refractivity contribution < 1.29 is 14.1 Å². The normalized spacial score (nSPS) is 18.0. The maximum Gasteiger partial charge on any atom is 0.410 e. The van der Waals surface area contributed by atoms with Gasteiger partial charge in [0.25, 0.3) is 5.89 Å². The number of amides is 1. The smallest absolute Gasteiger partial charge is 0.410 e. The summed E-state index contributed by atoms with van der Waals surface area (Å²) in [6.07, 6.45) is 2.16. The van der Waals surface area contributed by atoms with Crippen molar-refractivity contribution in [3.63, 3.8) is 0 Å². The molecule has 0 N–H and O–H groups in total. The van der Waals surface area contributed by atoms with Crippen molar-refractivity contribution in [1.82, 2.24) is 20.0 Å². The van der Waals surface area contributed by atoms with E-state index in [0.717, 1.165) is 12.0 Å². The second-order valence-electron chi connectivity index (χ2n) is 6.74. The summed E-state index contributed by atoms with van der Waals surface area (Å²) in [6.45, 7) is 6.74. The van der Waals surface area contributed by atoms with Gasteiger partial charge in [-0.3, -0.25) is 0 Å². The van der Waals surface area contributed by atoms with Crippen LogP contribution in [0.3, 0.4) is 0 Å². The number of ether oxygens (including phenoxy) is 1. The van der Waals surface area contributed by atoms with Crippen LogP contribution in [0.15, 0.2) is 27.5 Å². The molecule has 128 valence electrons. The highest BCUT2D eigenvalue weighted by atomic mass is 79.9. The summed E-state index contributed by atoms with van der Waals surface area (Å²) in [7, 11) is 0. The van der Waals surface area contributed by atoms with E-state index in [0.29, 0.717) is 29.4 Å². The third kappa shape index (κ3) is 3.92. The van der Waals surface area contributed by atoms with Gasteiger partial charge < -0.3 is 14.2 Å². The van der Waals surface area contributed by atoms with E-state index in [1.54, 1.807) is 11.1 Å². The first-order valence-corrected chi connectivity index (χ1v) is 8.54. The molecule has 7 nitrogen and oxygen atoms in total. The number of halogens is 1. The Morgan fingerprint density at radius 3 is 2.96 bits per heavy atom. The number of rotatable bonds is 2. The zero-order valence-corrected chi connectivity index (χ0v) is 15.4. The van der Waals surface area contributed by atoms with Crippen molar-refractivity contribution in [3.8, 4) is 11.5 Å². The lowest BCUT2D eigenvalue weighted by atomic mass is 10.1. The van der Waals surface area contributed by atoms with Crippen molar-refractivity contribution >= 4 is 22.0 Å². The fourth-order valence-corrected chi connectivity index (χ4v) is 2.88. The molecule has 1 atom stereocenters. The highest BCUT2D eigenvalue weighted by molar-refractivity contribution is 9.10. The molecule has 0 radical (unpaired) electrons. The van der Waals surface area contributed by atoms with Crippen LogP contribution in [0.2, 0.25) is 0 Å². The molecular formula is C16H19BrN4O3. The molecule has 24 heavy (non-hydrogen) atoms. The highest BCUT2D eigenvalue weighted by Crippen LogP contribution is 2.28. The lowest BCUT2D eigenvalue weighted by molar-refractivity contribution is 0.0292. The van der Waals surface area contributed by atoms with Gasteiger partial charge in [-0.15, -0.1) is 0 Å². The van der Waals surface area contributed by atoms with E-state index >= 15 is 0 Å². The molecule has 1 fully saturated rings. The van der Waals surface area contributed by atoms with E-state index in [2.05, 4.69) is 31.1 Å². The molecule has 1 amide bonds. The van der Waals surface area contributed by atoms with Crippen LogP contribution in [-0.4, -0.2) is 44.8 Å². The summed E-state index contributed by atoms with van der Waals surface area (Å²) >= 11 is 3.32. The van der Waals surface area contributed by atoms with Gasteiger partial charge >= 0.3 is 6.09 Å². The Bertz CT molecular complexity index is 741. The first kappa shape index (κ1) is 16.9. The second kappa shape index (κ2) is 6.51. The number of aromatic nitrogens is 3. The molecule has 0 saturated carbocycles. The molecule has 3 heterocycles. The van der Waals surface area contributed by atoms with Gasteiger partial charge in [0.15, 0.2) is 5.82 Å². The summed E-state index contributed by atoms with van der Waals surface area (Å²) in [5.41, 5.74) is 0.307. The van der Waals surface area contributed by atoms with Crippen molar-refractivity contribution in [1.29, 1.82) is 0 Å². The molecule has 0 aliphatic carbocycles. The Hall–Kier alpha value is -1.96. The van der Waals surface area contributed by atoms with E-state index in [-0.39, 0.29) is 12.0 Å². The van der Waals surface area contributed by atoms with Gasteiger partial charge in [0.1, 0.15) is 10.2 Å². The molecule has 0 bridgehead atoms. The number of hydrogen-bond acceptors (Lipinski definition) is 6. The molecule has 2 aromatic heterocycles. The van der Waals surface area contributed by atoms with Crippen molar-refractivity contribution in [3.05, 3.63) is 28.8 Å². The molecule has 8 heteroatoms. The summed E-state index contributed by atoms with van der Waals surface area (Å²) < 4.78 is 11.5. The summed E-state index contributed by atoms with van der Waals surface area (Å²) in [6, 6.07) is 3.63. The SMILES string of the molecule is CC(C)(C)OC(=O)N1CC[C@@H](c2noc(-c3ccnc(Br)c3)n2)C1. The Morgan fingerprint density at radius 2 is 2.25 bits per heavy atom. The Morgan fingerprint density at radius 1 is 1.46 bits per heavy atom. The quantitative estimate of drug-likeness (QED) is 0.723. The van der Waals surface area contributed by atoms with Crippen LogP contribution in [0.25, 0.3) is 11.5 Å². The number of carbonyl (C=O) groups is 1. The molecule has 1 saturated heterocycles. The third-order valence-corrected chi connectivity index (χ3v) is 4.05. The highest BCUT2D eigenvalue weighted by Gasteiger charge is 2.33. The number of carbonyl (C=O) groups excluding carboxylic acids is 1. The minimum Gasteiger partial charge on any atom is -0.444 e. The number of nitrogens with zero attached hydrogens (tertiary/aromatic N) is 4. The van der Waals surface area contributed by atoms with Crippen LogP contribution < -0.4 is 0 Å². The monoisotopic (exact) mass is 394 g/mol. The fraction of sp³-hybridized carbons (Fsp3) is 0.500. The molecule has 0 spiro atoms. The molecular weight excluding hydrogens is 376 g/mol. The maximum atomic E-state index is 12.1. The van der Waals surface area contributed by atoms with Gasteiger partial charge in [-0.05, 0) is 55.3 Å². The molecule has 0 aromatic carbocycles. The summed E-state index contributed by atoms with van der Waals surface area (Å²) in [5.74, 6) is 1.12. The van der Waals surface area contributed by atoms with E-state index < -0.39 is 5.60 Å². The topological polar surface area (TPSA) is 81.4 Å². The van der Waals surface area contributed by atoms with Gasteiger partial charge in [-0.25, -0.2) is 9.78 Å². The zero-order valence-electron chi connectivity index (χ0n) is 13.8. The minimum atomic E-state index is -0.497. The zero-order chi connectivity index (χ0) is 17.3. The largest absolute Gasteiger partial charge is 0.444 e. The molecule has 0 unspecified atom stereocenters. The average Bonchev–Trinajstić information content (AvgIpc) is 3.15.